The Morgan fingerprint density at radius 2 is 2.15 bits per heavy atom. The van der Waals surface area contributed by atoms with Crippen molar-refractivity contribution in [2.75, 3.05) is 12.0 Å². The fourth-order valence-electron chi connectivity index (χ4n) is 1.93. The van der Waals surface area contributed by atoms with Crippen molar-refractivity contribution in [1.29, 1.82) is 0 Å². The maximum atomic E-state index is 3.76. The van der Waals surface area contributed by atoms with Gasteiger partial charge in [0.15, 0.2) is 0 Å². The maximum absolute atomic E-state index is 3.76. The lowest BCUT2D eigenvalue weighted by atomic mass is 10.1. The molecule has 1 aliphatic carbocycles. The highest BCUT2D eigenvalue weighted by molar-refractivity contribution is 7.98. The summed E-state index contributed by atoms with van der Waals surface area (Å²) in [6.45, 7) is 4.60. The third-order valence-electron chi connectivity index (χ3n) is 2.71. The fraction of sp³-hybridized carbons (Fsp3) is 1.00. The van der Waals surface area contributed by atoms with Gasteiger partial charge in [0.2, 0.25) is 0 Å². The molecule has 0 aromatic rings. The fourth-order valence-corrected chi connectivity index (χ4v) is 2.52. The lowest BCUT2D eigenvalue weighted by Crippen LogP contribution is -2.39. The van der Waals surface area contributed by atoms with E-state index in [4.69, 9.17) is 0 Å². The zero-order valence-corrected chi connectivity index (χ0v) is 9.99. The summed E-state index contributed by atoms with van der Waals surface area (Å²) in [5.74, 6) is 2.25. The Bertz CT molecular complexity index is 134. The largest absolute Gasteiger partial charge is 0.310 e. The van der Waals surface area contributed by atoms with Gasteiger partial charge in [-0.05, 0) is 38.4 Å². The summed E-state index contributed by atoms with van der Waals surface area (Å²) in [7, 11) is 0. The molecule has 0 aromatic carbocycles. The molecule has 2 atom stereocenters. The van der Waals surface area contributed by atoms with Gasteiger partial charge in [0.1, 0.15) is 0 Å². The van der Waals surface area contributed by atoms with Gasteiger partial charge in [-0.2, -0.15) is 11.8 Å². The van der Waals surface area contributed by atoms with Crippen LogP contribution in [0, 0.1) is 5.92 Å². The predicted octanol–water partition coefficient (Wildman–Crippen LogP) is 2.91. The number of nitrogens with one attached hydrogen (secondary N) is 1. The van der Waals surface area contributed by atoms with Gasteiger partial charge in [-0.15, -0.1) is 0 Å². The van der Waals surface area contributed by atoms with Gasteiger partial charge in [0.05, 0.1) is 0 Å². The standard InChI is InChI=1S/C11H23NS/c1-4-5-11(10-6-7-10)12-9(2)8-13-3/h9-12H,4-8H2,1-3H3. The minimum atomic E-state index is 0.687. The van der Waals surface area contributed by atoms with Crippen LogP contribution in [0.15, 0.2) is 0 Å². The summed E-state index contributed by atoms with van der Waals surface area (Å²) in [4.78, 5) is 0. The molecule has 0 saturated heterocycles. The summed E-state index contributed by atoms with van der Waals surface area (Å²) < 4.78 is 0. The third-order valence-corrected chi connectivity index (χ3v) is 3.54. The topological polar surface area (TPSA) is 12.0 Å². The van der Waals surface area contributed by atoms with Crippen LogP contribution in [0.25, 0.3) is 0 Å². The lowest BCUT2D eigenvalue weighted by Gasteiger charge is -2.22. The van der Waals surface area contributed by atoms with Crippen molar-refractivity contribution in [3.05, 3.63) is 0 Å². The molecule has 1 nitrogen and oxygen atoms in total. The Morgan fingerprint density at radius 1 is 1.46 bits per heavy atom. The quantitative estimate of drug-likeness (QED) is 0.680. The Hall–Kier alpha value is 0.310. The second-order valence-electron chi connectivity index (χ2n) is 4.26. The van der Waals surface area contributed by atoms with E-state index in [0.29, 0.717) is 6.04 Å². The van der Waals surface area contributed by atoms with Crippen molar-refractivity contribution < 1.29 is 0 Å². The number of hydrogen-bond donors (Lipinski definition) is 1. The molecule has 78 valence electrons. The van der Waals surface area contributed by atoms with Crippen molar-refractivity contribution >= 4 is 11.8 Å². The molecule has 1 rings (SSSR count). The minimum Gasteiger partial charge on any atom is -0.310 e. The van der Waals surface area contributed by atoms with Crippen LogP contribution in [0.3, 0.4) is 0 Å². The molecular weight excluding hydrogens is 178 g/mol. The van der Waals surface area contributed by atoms with E-state index < -0.39 is 0 Å². The van der Waals surface area contributed by atoms with Crippen LogP contribution in [-0.2, 0) is 0 Å². The van der Waals surface area contributed by atoms with E-state index in [1.54, 1.807) is 0 Å². The number of rotatable bonds is 7. The highest BCUT2D eigenvalue weighted by Gasteiger charge is 2.30. The summed E-state index contributed by atoms with van der Waals surface area (Å²) in [6.07, 6.45) is 7.79. The number of thioether (sulfide) groups is 1. The van der Waals surface area contributed by atoms with Gasteiger partial charge in [-0.25, -0.2) is 0 Å². The zero-order valence-electron chi connectivity index (χ0n) is 9.18. The van der Waals surface area contributed by atoms with Crippen LogP contribution in [0.5, 0.6) is 0 Å². The molecule has 1 N–H and O–H groups in total. The van der Waals surface area contributed by atoms with E-state index >= 15 is 0 Å². The first-order chi connectivity index (χ1) is 6.27. The molecule has 0 spiro atoms. The van der Waals surface area contributed by atoms with Gasteiger partial charge < -0.3 is 5.32 Å². The first-order valence-electron chi connectivity index (χ1n) is 5.53. The van der Waals surface area contributed by atoms with Crippen LogP contribution < -0.4 is 5.32 Å². The number of hydrogen-bond acceptors (Lipinski definition) is 2. The molecule has 0 heterocycles. The molecule has 0 amide bonds. The molecule has 1 aliphatic rings. The average Bonchev–Trinajstić information content (AvgIpc) is 2.86. The summed E-state index contributed by atoms with van der Waals surface area (Å²) >= 11 is 1.94. The highest BCUT2D eigenvalue weighted by Crippen LogP contribution is 2.34. The molecular formula is C11H23NS. The van der Waals surface area contributed by atoms with Gasteiger partial charge >= 0.3 is 0 Å². The Morgan fingerprint density at radius 3 is 2.62 bits per heavy atom. The zero-order chi connectivity index (χ0) is 9.68. The van der Waals surface area contributed by atoms with Crippen LogP contribution in [-0.4, -0.2) is 24.1 Å². The second kappa shape index (κ2) is 5.92. The SMILES string of the molecule is CCCC(NC(C)CSC)C1CC1. The molecule has 0 bridgehead atoms. The van der Waals surface area contributed by atoms with Crippen LogP contribution in [0.2, 0.25) is 0 Å². The Kier molecular flexibility index (Phi) is 5.18. The van der Waals surface area contributed by atoms with E-state index in [9.17, 15) is 0 Å². The van der Waals surface area contributed by atoms with Crippen LogP contribution in [0.4, 0.5) is 0 Å². The molecule has 2 unspecified atom stereocenters. The second-order valence-corrected chi connectivity index (χ2v) is 5.17. The predicted molar refractivity (Wildman–Crippen MR) is 62.4 cm³/mol. The summed E-state index contributed by atoms with van der Waals surface area (Å²) in [5, 5.41) is 3.76. The molecule has 1 saturated carbocycles. The molecule has 2 heteroatoms. The molecule has 0 aliphatic heterocycles. The van der Waals surface area contributed by atoms with E-state index in [-0.39, 0.29) is 0 Å². The minimum absolute atomic E-state index is 0.687. The monoisotopic (exact) mass is 201 g/mol. The van der Waals surface area contributed by atoms with E-state index in [1.807, 2.05) is 11.8 Å². The summed E-state index contributed by atoms with van der Waals surface area (Å²) in [5.41, 5.74) is 0. The van der Waals surface area contributed by atoms with E-state index in [0.717, 1.165) is 12.0 Å². The van der Waals surface area contributed by atoms with Crippen molar-refractivity contribution in [2.24, 2.45) is 5.92 Å². The maximum Gasteiger partial charge on any atom is 0.0132 e. The van der Waals surface area contributed by atoms with Crippen LogP contribution in [0.1, 0.15) is 39.5 Å². The highest BCUT2D eigenvalue weighted by atomic mass is 32.2. The van der Waals surface area contributed by atoms with Crippen molar-refractivity contribution in [3.8, 4) is 0 Å². The van der Waals surface area contributed by atoms with Crippen LogP contribution >= 0.6 is 11.8 Å². The first-order valence-corrected chi connectivity index (χ1v) is 6.92. The normalized spacial score (nSPS) is 21.5. The molecule has 13 heavy (non-hydrogen) atoms. The van der Waals surface area contributed by atoms with Gasteiger partial charge in [-0.3, -0.25) is 0 Å². The van der Waals surface area contributed by atoms with Gasteiger partial charge in [-0.1, -0.05) is 13.3 Å². The average molecular weight is 201 g/mol. The third kappa shape index (κ3) is 4.37. The Balaban J connectivity index is 2.20. The van der Waals surface area contributed by atoms with Crippen molar-refractivity contribution in [1.82, 2.24) is 5.32 Å². The lowest BCUT2D eigenvalue weighted by molar-refractivity contribution is 0.400. The van der Waals surface area contributed by atoms with Gasteiger partial charge in [0.25, 0.3) is 0 Å². The molecule has 0 radical (unpaired) electrons. The van der Waals surface area contributed by atoms with E-state index in [2.05, 4.69) is 25.4 Å². The van der Waals surface area contributed by atoms with E-state index in [1.165, 1.54) is 31.4 Å². The van der Waals surface area contributed by atoms with Gasteiger partial charge in [0, 0.05) is 17.8 Å². The molecule has 1 fully saturated rings. The Labute approximate surface area is 87.1 Å². The summed E-state index contributed by atoms with van der Waals surface area (Å²) in [6, 6.07) is 1.50. The smallest absolute Gasteiger partial charge is 0.0132 e. The van der Waals surface area contributed by atoms with Crippen molar-refractivity contribution in [3.63, 3.8) is 0 Å². The molecule has 0 aromatic heterocycles. The van der Waals surface area contributed by atoms with Crippen molar-refractivity contribution in [2.45, 2.75) is 51.6 Å². The first kappa shape index (κ1) is 11.4.